The van der Waals surface area contributed by atoms with Crippen LogP contribution in [0.1, 0.15) is 6.23 Å². The molecule has 0 radical (unpaired) electrons. The van der Waals surface area contributed by atoms with E-state index in [-0.39, 0.29) is 6.10 Å². The van der Waals surface area contributed by atoms with E-state index in [1.54, 1.807) is 0 Å². The smallest absolute Gasteiger partial charge is 0.330 e. The number of nitrogens with one attached hydrogen (secondary N) is 1. The molecule has 2 aliphatic rings. The van der Waals surface area contributed by atoms with Crippen LogP contribution in [0.15, 0.2) is 34.0 Å². The molecule has 2 saturated heterocycles. The molecule has 0 spiro atoms. The van der Waals surface area contributed by atoms with Crippen molar-refractivity contribution in [3.05, 3.63) is 45.3 Å². The molecule has 1 aromatic rings. The standard InChI is InChI=1S/C14H22N2O6Si2/c1-9-12-10(8-19-23(2,3)22-24(4,5)21-12)20-13(9)16-7-6-11(17)15-14(16)18/h6-7,10,12-13H,1,8H2,2-5H3,(H,15,17,18)/t10-,12+,13?/m1/s1. The molecule has 0 saturated carbocycles. The molecule has 1 aromatic heterocycles. The molecule has 2 fully saturated rings. The number of fused-ring (bicyclic) bond motifs is 1. The average Bonchev–Trinajstić information content (AvgIpc) is 2.71. The Balaban J connectivity index is 1.92. The summed E-state index contributed by atoms with van der Waals surface area (Å²) in [5.74, 6) is 0. The summed E-state index contributed by atoms with van der Waals surface area (Å²) in [6, 6.07) is 1.27. The summed E-state index contributed by atoms with van der Waals surface area (Å²) in [5.41, 5.74) is -0.394. The monoisotopic (exact) mass is 370 g/mol. The molecule has 0 aromatic carbocycles. The fraction of sp³-hybridized carbons (Fsp3) is 0.571. The Kier molecular flexibility index (Phi) is 4.30. The van der Waals surface area contributed by atoms with Crippen LogP contribution in [-0.2, 0) is 17.7 Å². The van der Waals surface area contributed by atoms with Crippen molar-refractivity contribution in [2.24, 2.45) is 0 Å². The number of nitrogens with zero attached hydrogens (tertiary/aromatic N) is 1. The molecule has 1 unspecified atom stereocenters. The Morgan fingerprint density at radius 1 is 1.25 bits per heavy atom. The number of aromatic nitrogens is 2. The SMILES string of the molecule is C=C1C(n2ccc(=O)[nH]c2=O)O[C@@H]2CO[Si](C)(C)O[Si](C)(C)O[C@@H]12. The second kappa shape index (κ2) is 5.90. The van der Waals surface area contributed by atoms with Crippen molar-refractivity contribution in [2.45, 2.75) is 44.6 Å². The zero-order chi connectivity index (χ0) is 17.7. The van der Waals surface area contributed by atoms with Crippen LogP contribution in [0.5, 0.6) is 0 Å². The van der Waals surface area contributed by atoms with Crippen molar-refractivity contribution in [3.63, 3.8) is 0 Å². The summed E-state index contributed by atoms with van der Waals surface area (Å²) in [7, 11) is -4.74. The van der Waals surface area contributed by atoms with Crippen LogP contribution in [0, 0.1) is 0 Å². The molecule has 10 heteroatoms. The van der Waals surface area contributed by atoms with Gasteiger partial charge in [0.25, 0.3) is 5.56 Å². The lowest BCUT2D eigenvalue weighted by Crippen LogP contribution is -2.55. The Hall–Kier alpha value is -1.31. The van der Waals surface area contributed by atoms with Gasteiger partial charge in [-0.05, 0) is 26.2 Å². The molecule has 0 amide bonds. The summed E-state index contributed by atoms with van der Waals surface area (Å²) >= 11 is 0. The molecule has 24 heavy (non-hydrogen) atoms. The lowest BCUT2D eigenvalue weighted by atomic mass is 10.1. The number of hydrogen-bond acceptors (Lipinski definition) is 6. The van der Waals surface area contributed by atoms with Crippen LogP contribution in [0.4, 0.5) is 0 Å². The van der Waals surface area contributed by atoms with Crippen LogP contribution in [0.3, 0.4) is 0 Å². The maximum Gasteiger partial charge on any atom is 0.330 e. The predicted octanol–water partition coefficient (Wildman–Crippen LogP) is 0.826. The minimum absolute atomic E-state index is 0.308. The minimum atomic E-state index is -2.44. The zero-order valence-corrected chi connectivity index (χ0v) is 16.2. The van der Waals surface area contributed by atoms with Crippen molar-refractivity contribution >= 4 is 17.1 Å². The number of ether oxygens (including phenoxy) is 1. The van der Waals surface area contributed by atoms with E-state index in [0.29, 0.717) is 12.2 Å². The minimum Gasteiger partial charge on any atom is -0.415 e. The summed E-state index contributed by atoms with van der Waals surface area (Å²) in [4.78, 5) is 25.5. The summed E-state index contributed by atoms with van der Waals surface area (Å²) in [5, 5.41) is 0. The quantitative estimate of drug-likeness (QED) is 0.581. The fourth-order valence-electron chi connectivity index (χ4n) is 3.07. The molecular formula is C14H22N2O6Si2. The van der Waals surface area contributed by atoms with Gasteiger partial charge in [-0.3, -0.25) is 14.3 Å². The highest BCUT2D eigenvalue weighted by molar-refractivity contribution is 6.78. The lowest BCUT2D eigenvalue weighted by molar-refractivity contribution is -0.0512. The molecular weight excluding hydrogens is 348 g/mol. The zero-order valence-electron chi connectivity index (χ0n) is 14.2. The maximum absolute atomic E-state index is 12.0. The van der Waals surface area contributed by atoms with Gasteiger partial charge in [-0.15, -0.1) is 0 Å². The molecule has 1 N–H and O–H groups in total. The van der Waals surface area contributed by atoms with Gasteiger partial charge < -0.3 is 17.7 Å². The largest absolute Gasteiger partial charge is 0.415 e. The average molecular weight is 371 g/mol. The van der Waals surface area contributed by atoms with Gasteiger partial charge in [0.2, 0.25) is 0 Å². The molecule has 132 valence electrons. The van der Waals surface area contributed by atoms with Crippen molar-refractivity contribution in [1.29, 1.82) is 0 Å². The normalized spacial score (nSPS) is 32.0. The van der Waals surface area contributed by atoms with E-state index in [9.17, 15) is 9.59 Å². The van der Waals surface area contributed by atoms with Crippen LogP contribution in [0.2, 0.25) is 26.2 Å². The molecule has 3 heterocycles. The first kappa shape index (κ1) is 17.5. The van der Waals surface area contributed by atoms with Crippen molar-refractivity contribution < 1.29 is 17.7 Å². The van der Waals surface area contributed by atoms with Gasteiger partial charge in [-0.25, -0.2) is 4.79 Å². The van der Waals surface area contributed by atoms with Gasteiger partial charge in [0, 0.05) is 17.8 Å². The molecule has 8 nitrogen and oxygen atoms in total. The molecule has 2 aliphatic heterocycles. The summed E-state index contributed by atoms with van der Waals surface area (Å²) < 4.78 is 25.6. The van der Waals surface area contributed by atoms with Crippen molar-refractivity contribution in [3.8, 4) is 0 Å². The first-order valence-corrected chi connectivity index (χ1v) is 13.4. The van der Waals surface area contributed by atoms with Gasteiger partial charge in [0.05, 0.1) is 6.61 Å². The Morgan fingerprint density at radius 2 is 1.96 bits per heavy atom. The van der Waals surface area contributed by atoms with Crippen molar-refractivity contribution in [1.82, 2.24) is 9.55 Å². The maximum atomic E-state index is 12.0. The van der Waals surface area contributed by atoms with E-state index in [0.717, 1.165) is 0 Å². The third kappa shape index (κ3) is 3.38. The van der Waals surface area contributed by atoms with Gasteiger partial charge in [0.1, 0.15) is 12.2 Å². The topological polar surface area (TPSA) is 91.8 Å². The number of aromatic amines is 1. The van der Waals surface area contributed by atoms with Gasteiger partial charge in [0.15, 0.2) is 6.23 Å². The number of hydrogen-bond donors (Lipinski definition) is 1. The summed E-state index contributed by atoms with van der Waals surface area (Å²) in [6.07, 6.45) is -0.0978. The summed E-state index contributed by atoms with van der Waals surface area (Å²) in [6.45, 7) is 12.2. The molecule has 3 rings (SSSR count). The van der Waals surface area contributed by atoms with Crippen LogP contribution in [-0.4, -0.2) is 45.5 Å². The van der Waals surface area contributed by atoms with Crippen LogP contribution in [0.25, 0.3) is 0 Å². The Morgan fingerprint density at radius 3 is 2.62 bits per heavy atom. The van der Waals surface area contributed by atoms with E-state index >= 15 is 0 Å². The van der Waals surface area contributed by atoms with Gasteiger partial charge >= 0.3 is 22.8 Å². The van der Waals surface area contributed by atoms with E-state index < -0.39 is 40.7 Å². The Labute approximate surface area is 141 Å². The van der Waals surface area contributed by atoms with E-state index in [4.69, 9.17) is 17.7 Å². The highest BCUT2D eigenvalue weighted by Gasteiger charge is 2.49. The van der Waals surface area contributed by atoms with Gasteiger partial charge in [-0.1, -0.05) is 6.58 Å². The predicted molar refractivity (Wildman–Crippen MR) is 91.2 cm³/mol. The van der Waals surface area contributed by atoms with E-state index in [2.05, 4.69) is 11.6 Å². The first-order valence-electron chi connectivity index (χ1n) is 7.76. The fourth-order valence-corrected chi connectivity index (χ4v) is 9.72. The van der Waals surface area contributed by atoms with Gasteiger partial charge in [-0.2, -0.15) is 0 Å². The highest BCUT2D eigenvalue weighted by atomic mass is 28.5. The first-order chi connectivity index (χ1) is 11.1. The number of rotatable bonds is 1. The van der Waals surface area contributed by atoms with Crippen LogP contribution >= 0.6 is 0 Å². The van der Waals surface area contributed by atoms with Crippen molar-refractivity contribution in [2.75, 3.05) is 6.61 Å². The lowest BCUT2D eigenvalue weighted by Gasteiger charge is -2.39. The number of H-pyrrole nitrogens is 1. The van der Waals surface area contributed by atoms with E-state index in [1.165, 1.54) is 16.8 Å². The third-order valence-corrected chi connectivity index (χ3v) is 9.54. The second-order valence-corrected chi connectivity index (χ2v) is 13.8. The Bertz CT molecular complexity index is 771. The third-order valence-electron chi connectivity index (χ3n) is 3.93. The molecule has 3 atom stereocenters. The van der Waals surface area contributed by atoms with E-state index in [1.807, 2.05) is 26.2 Å². The highest BCUT2D eigenvalue weighted by Crippen LogP contribution is 2.38. The van der Waals surface area contributed by atoms with Crippen LogP contribution < -0.4 is 11.2 Å². The second-order valence-electron chi connectivity index (χ2n) is 6.87. The molecule has 0 aliphatic carbocycles. The molecule has 0 bridgehead atoms.